The molecule has 1 atom stereocenters. The minimum Gasteiger partial charge on any atom is -0.481 e. The van der Waals surface area contributed by atoms with Crippen molar-refractivity contribution < 1.29 is 19.4 Å². The van der Waals surface area contributed by atoms with E-state index in [2.05, 4.69) is 15.9 Å². The number of carboxylic acid groups (broad SMARTS) is 1. The van der Waals surface area contributed by atoms with Crippen LogP contribution in [0.2, 0.25) is 0 Å². The third kappa shape index (κ3) is 3.29. The third-order valence-corrected chi connectivity index (χ3v) is 3.78. The molecule has 1 amide bonds. The van der Waals surface area contributed by atoms with Crippen molar-refractivity contribution in [2.75, 3.05) is 24.6 Å². The second-order valence-electron chi connectivity index (χ2n) is 4.53. The van der Waals surface area contributed by atoms with E-state index in [1.165, 1.54) is 0 Å². The predicted octanol–water partition coefficient (Wildman–Crippen LogP) is 1.23. The molecular weight excluding hydrogens is 328 g/mol. The number of carboxylic acids is 1. The number of rotatable bonds is 4. The van der Waals surface area contributed by atoms with Gasteiger partial charge in [0.2, 0.25) is 0 Å². The van der Waals surface area contributed by atoms with Gasteiger partial charge in [-0.3, -0.25) is 9.59 Å². The molecular formula is C13H15BrN2O4. The lowest BCUT2D eigenvalue weighted by atomic mass is 10.1. The van der Waals surface area contributed by atoms with Crippen LogP contribution in [0.4, 0.5) is 5.69 Å². The van der Waals surface area contributed by atoms with E-state index in [9.17, 15) is 9.59 Å². The van der Waals surface area contributed by atoms with E-state index in [0.717, 1.165) is 0 Å². The fourth-order valence-electron chi connectivity index (χ4n) is 2.28. The van der Waals surface area contributed by atoms with Crippen molar-refractivity contribution >= 4 is 33.5 Å². The number of anilines is 1. The zero-order chi connectivity index (χ0) is 14.7. The number of hydrogen-bond acceptors (Lipinski definition) is 4. The molecule has 2 rings (SSSR count). The first-order valence-corrected chi connectivity index (χ1v) is 6.95. The minimum atomic E-state index is -0.902. The highest BCUT2D eigenvalue weighted by Gasteiger charge is 2.25. The van der Waals surface area contributed by atoms with Crippen LogP contribution in [-0.4, -0.2) is 42.8 Å². The maximum atomic E-state index is 11.6. The molecule has 0 spiro atoms. The summed E-state index contributed by atoms with van der Waals surface area (Å²) in [6.07, 6.45) is -0.447. The first-order chi connectivity index (χ1) is 9.49. The smallest absolute Gasteiger partial charge is 0.306 e. The lowest BCUT2D eigenvalue weighted by Crippen LogP contribution is -2.44. The van der Waals surface area contributed by atoms with Gasteiger partial charge in [-0.15, -0.1) is 0 Å². The van der Waals surface area contributed by atoms with Crippen molar-refractivity contribution in [2.45, 2.75) is 12.5 Å². The lowest BCUT2D eigenvalue weighted by Gasteiger charge is -2.35. The van der Waals surface area contributed by atoms with Crippen LogP contribution in [0.15, 0.2) is 22.7 Å². The van der Waals surface area contributed by atoms with Gasteiger partial charge in [0.05, 0.1) is 30.4 Å². The van der Waals surface area contributed by atoms with E-state index in [1.807, 2.05) is 11.0 Å². The predicted molar refractivity (Wildman–Crippen MR) is 76.9 cm³/mol. The van der Waals surface area contributed by atoms with Gasteiger partial charge in [-0.25, -0.2) is 0 Å². The molecule has 0 aromatic heterocycles. The fourth-order valence-corrected chi connectivity index (χ4v) is 2.83. The second kappa shape index (κ2) is 6.23. The number of carbonyl (C=O) groups is 2. The Morgan fingerprint density at radius 1 is 1.50 bits per heavy atom. The summed E-state index contributed by atoms with van der Waals surface area (Å²) in [5.41, 5.74) is 6.52. The van der Waals surface area contributed by atoms with Crippen LogP contribution < -0.4 is 10.6 Å². The molecule has 0 saturated carbocycles. The minimum absolute atomic E-state index is 0.0591. The average molecular weight is 343 g/mol. The molecule has 0 aliphatic carbocycles. The molecule has 1 aromatic rings. The molecule has 1 saturated heterocycles. The van der Waals surface area contributed by atoms with E-state index in [0.29, 0.717) is 35.4 Å². The highest BCUT2D eigenvalue weighted by Crippen LogP contribution is 2.29. The first-order valence-electron chi connectivity index (χ1n) is 6.15. The van der Waals surface area contributed by atoms with Gasteiger partial charge in [0.25, 0.3) is 5.91 Å². The van der Waals surface area contributed by atoms with E-state index in [1.54, 1.807) is 12.1 Å². The van der Waals surface area contributed by atoms with E-state index in [4.69, 9.17) is 15.6 Å². The van der Waals surface area contributed by atoms with Crippen LogP contribution >= 0.6 is 15.9 Å². The number of halogens is 1. The van der Waals surface area contributed by atoms with Gasteiger partial charge in [0.1, 0.15) is 0 Å². The van der Waals surface area contributed by atoms with Gasteiger partial charge in [-0.05, 0) is 28.1 Å². The third-order valence-electron chi connectivity index (χ3n) is 3.12. The Morgan fingerprint density at radius 2 is 2.25 bits per heavy atom. The van der Waals surface area contributed by atoms with E-state index >= 15 is 0 Å². The van der Waals surface area contributed by atoms with Gasteiger partial charge < -0.3 is 20.5 Å². The largest absolute Gasteiger partial charge is 0.481 e. The topological polar surface area (TPSA) is 92.9 Å². The van der Waals surface area contributed by atoms with Crippen molar-refractivity contribution in [3.8, 4) is 0 Å². The zero-order valence-electron chi connectivity index (χ0n) is 10.7. The molecule has 1 unspecified atom stereocenters. The molecule has 0 bridgehead atoms. The molecule has 6 nitrogen and oxygen atoms in total. The SMILES string of the molecule is NC(=O)c1c(Br)cccc1N1CCOC(CC(=O)O)C1. The Hall–Kier alpha value is -1.60. The standard InChI is InChI=1S/C13H15BrN2O4/c14-9-2-1-3-10(12(9)13(15)19)16-4-5-20-8(7-16)6-11(17)18/h1-3,8H,4-7H2,(H2,15,19)(H,17,18). The Morgan fingerprint density at radius 3 is 2.90 bits per heavy atom. The number of hydrogen-bond donors (Lipinski definition) is 2. The summed E-state index contributed by atoms with van der Waals surface area (Å²) in [4.78, 5) is 24.3. The Balaban J connectivity index is 2.25. The van der Waals surface area contributed by atoms with Crippen LogP contribution in [0.1, 0.15) is 16.8 Å². The summed E-state index contributed by atoms with van der Waals surface area (Å²) in [6.45, 7) is 1.43. The number of morpholine rings is 1. The fraction of sp³-hybridized carbons (Fsp3) is 0.385. The van der Waals surface area contributed by atoms with Crippen molar-refractivity contribution in [3.05, 3.63) is 28.2 Å². The zero-order valence-corrected chi connectivity index (χ0v) is 12.3. The van der Waals surface area contributed by atoms with Crippen molar-refractivity contribution in [1.82, 2.24) is 0 Å². The van der Waals surface area contributed by atoms with Crippen molar-refractivity contribution in [2.24, 2.45) is 5.73 Å². The summed E-state index contributed by atoms with van der Waals surface area (Å²) in [6, 6.07) is 5.36. The number of carbonyl (C=O) groups excluding carboxylic acids is 1. The number of ether oxygens (including phenoxy) is 1. The summed E-state index contributed by atoms with van der Waals surface area (Å²) >= 11 is 3.32. The molecule has 0 radical (unpaired) electrons. The molecule has 1 aromatic carbocycles. The normalized spacial score (nSPS) is 18.9. The van der Waals surface area contributed by atoms with Crippen LogP contribution in [0.25, 0.3) is 0 Å². The average Bonchev–Trinajstić information content (AvgIpc) is 2.37. The van der Waals surface area contributed by atoms with Gasteiger partial charge in [0, 0.05) is 17.6 Å². The van der Waals surface area contributed by atoms with Gasteiger partial charge >= 0.3 is 5.97 Å². The Bertz CT molecular complexity index is 535. The second-order valence-corrected chi connectivity index (χ2v) is 5.39. The maximum absolute atomic E-state index is 11.6. The van der Waals surface area contributed by atoms with Crippen LogP contribution in [0, 0.1) is 0 Å². The number of amides is 1. The summed E-state index contributed by atoms with van der Waals surface area (Å²) in [5, 5.41) is 8.83. The summed E-state index contributed by atoms with van der Waals surface area (Å²) in [5.74, 6) is -1.42. The quantitative estimate of drug-likeness (QED) is 0.858. The number of nitrogens with two attached hydrogens (primary N) is 1. The number of nitrogens with zero attached hydrogens (tertiary/aromatic N) is 1. The van der Waals surface area contributed by atoms with E-state index in [-0.39, 0.29) is 12.5 Å². The molecule has 1 aliphatic rings. The lowest BCUT2D eigenvalue weighted by molar-refractivity contribution is -0.140. The number of primary amides is 1. The molecule has 3 N–H and O–H groups in total. The molecule has 1 aliphatic heterocycles. The maximum Gasteiger partial charge on any atom is 0.306 e. The van der Waals surface area contributed by atoms with Gasteiger partial charge in [-0.1, -0.05) is 6.07 Å². The molecule has 7 heteroatoms. The monoisotopic (exact) mass is 342 g/mol. The molecule has 1 heterocycles. The summed E-state index contributed by atoms with van der Waals surface area (Å²) in [7, 11) is 0. The highest BCUT2D eigenvalue weighted by atomic mass is 79.9. The van der Waals surface area contributed by atoms with Crippen LogP contribution in [0.5, 0.6) is 0 Å². The molecule has 108 valence electrons. The number of benzene rings is 1. The Kier molecular flexibility index (Phi) is 4.61. The van der Waals surface area contributed by atoms with Gasteiger partial charge in [0.15, 0.2) is 0 Å². The molecule has 20 heavy (non-hydrogen) atoms. The highest BCUT2D eigenvalue weighted by molar-refractivity contribution is 9.10. The molecule has 1 fully saturated rings. The van der Waals surface area contributed by atoms with Crippen LogP contribution in [-0.2, 0) is 9.53 Å². The Labute approximate surface area is 124 Å². The van der Waals surface area contributed by atoms with E-state index < -0.39 is 11.9 Å². The number of aliphatic carboxylic acids is 1. The van der Waals surface area contributed by atoms with Crippen LogP contribution in [0.3, 0.4) is 0 Å². The first kappa shape index (κ1) is 14.8. The van der Waals surface area contributed by atoms with Crippen molar-refractivity contribution in [1.29, 1.82) is 0 Å². The van der Waals surface area contributed by atoms with Crippen molar-refractivity contribution in [3.63, 3.8) is 0 Å². The van der Waals surface area contributed by atoms with Gasteiger partial charge in [-0.2, -0.15) is 0 Å². The summed E-state index contributed by atoms with van der Waals surface area (Å²) < 4.78 is 6.05.